The number of allylic oxidation sites excluding steroid dienone is 1. The zero-order chi connectivity index (χ0) is 91.8. The molecule has 0 aromatic carbocycles. The first-order valence-corrected chi connectivity index (χ1v) is 47.8. The normalized spacial score (nSPS) is 11.2. The van der Waals surface area contributed by atoms with Gasteiger partial charge in [0.25, 0.3) is 0 Å². The summed E-state index contributed by atoms with van der Waals surface area (Å²) in [5.41, 5.74) is 4.69. The summed E-state index contributed by atoms with van der Waals surface area (Å²) in [5, 5.41) is 15.3. The summed E-state index contributed by atoms with van der Waals surface area (Å²) in [6, 6.07) is 1.78. The molecule has 0 spiro atoms. The fourth-order valence-corrected chi connectivity index (χ4v) is 5.49. The predicted octanol–water partition coefficient (Wildman–Crippen LogP) is 31.4. The fraction of sp³-hybridized carbons (Fsp3) is 0.767. The van der Waals surface area contributed by atoms with Gasteiger partial charge in [0.1, 0.15) is 19.5 Å². The highest BCUT2D eigenvalue weighted by molar-refractivity contribution is 8.12. The maximum atomic E-state index is 4.76. The van der Waals surface area contributed by atoms with Crippen LogP contribution in [0.5, 0.6) is 0 Å². The average molecular weight is 1630 g/mol. The second-order valence-corrected chi connectivity index (χ2v) is 14.7. The first kappa shape index (κ1) is 173. The standard InChI is InChI=1S/2C4H4N2.2C4H7N.C4H6O.C4H6S.2C3H6N2.2C3H5NO.2C3H5NS.24C2H6/c1-2-6-4-3-5-1;1-2-5-4-6-3-1;4*1-2-4-5-3-1;1-2-5-3-4-1;1-2-4-5-3-1;1-2-5-3-4-1;1-2-4-5-3-1;1-2-5-3-4-1;1-2-4-5-3-1;24*1-2/h2*1-4H;3H,1-2,4H2;1,3,5H,2,4H2;2*1,3H,2,4H2;3H,1-2H2,(H,4,5);2,5H,1,3H2;3H,1-2H2;2H,1,3H2;3H,1-2H2;2H,1,3H2;24*1-2H3. The monoisotopic (exact) mass is 1630 g/mol. The Kier molecular flexibility index (Phi) is 534. The van der Waals surface area contributed by atoms with Crippen molar-refractivity contribution >= 4 is 78.6 Å². The summed E-state index contributed by atoms with van der Waals surface area (Å²) in [6.07, 6.45) is 41.6. The van der Waals surface area contributed by atoms with Crippen LogP contribution in [0.15, 0.2) is 120 Å². The third-order valence-electron chi connectivity index (χ3n) is 6.67. The molecule has 20 heteroatoms. The van der Waals surface area contributed by atoms with Crippen molar-refractivity contribution in [3.8, 4) is 0 Å². The van der Waals surface area contributed by atoms with Gasteiger partial charge in [0.15, 0.2) is 6.40 Å². The molecule has 110 heavy (non-hydrogen) atoms. The largest absolute Gasteiger partial charge is 0.501 e. The van der Waals surface area contributed by atoms with E-state index in [-0.39, 0.29) is 0 Å². The van der Waals surface area contributed by atoms with Crippen LogP contribution in [-0.4, -0.2) is 146 Å². The number of oxime groups is 1. The molecule has 17 nitrogen and oxygen atoms in total. The van der Waals surface area contributed by atoms with E-state index in [2.05, 4.69) is 97.8 Å². The number of thioether (sulfide) groups is 2. The van der Waals surface area contributed by atoms with Crippen LogP contribution in [0.2, 0.25) is 0 Å². The Bertz CT molecular complexity index is 1110. The molecule has 0 saturated carbocycles. The third kappa shape index (κ3) is 330. The molecule has 0 saturated heterocycles. The lowest BCUT2D eigenvalue weighted by Gasteiger charge is -1.79. The van der Waals surface area contributed by atoms with Gasteiger partial charge < -0.3 is 30.4 Å². The van der Waals surface area contributed by atoms with Crippen molar-refractivity contribution in [3.63, 3.8) is 0 Å². The summed E-state index contributed by atoms with van der Waals surface area (Å²) < 4.78 is 13.3. The Labute approximate surface area is 711 Å². The molecule has 0 atom stereocenters. The number of ether oxygens (including phenoxy) is 2. The van der Waals surface area contributed by atoms with Crippen LogP contribution < -0.4 is 16.1 Å². The minimum absolute atomic E-state index is 0.778. The summed E-state index contributed by atoms with van der Waals surface area (Å²) in [4.78, 5) is 34.8. The summed E-state index contributed by atoms with van der Waals surface area (Å²) in [5.74, 6) is 3.69. The lowest BCUT2D eigenvalue weighted by molar-refractivity contribution is 0.174. The van der Waals surface area contributed by atoms with Gasteiger partial charge in [-0.1, -0.05) is 350 Å². The second-order valence-electron chi connectivity index (χ2n) is 11.8. The van der Waals surface area contributed by atoms with Gasteiger partial charge in [-0.2, -0.15) is 5.10 Å². The number of hydrazone groups is 1. The highest BCUT2D eigenvalue weighted by atomic mass is 32.2. The van der Waals surface area contributed by atoms with Crippen molar-refractivity contribution < 1.29 is 14.3 Å². The Morgan fingerprint density at radius 2 is 0.836 bits per heavy atom. The molecule has 2 aromatic rings. The molecule has 0 radical (unpaired) electrons. The Morgan fingerprint density at radius 1 is 0.327 bits per heavy atom. The molecule has 0 aliphatic carbocycles. The van der Waals surface area contributed by atoms with Crippen LogP contribution >= 0.6 is 35.5 Å². The van der Waals surface area contributed by atoms with Gasteiger partial charge in [-0.05, 0) is 74.0 Å². The topological polar surface area (TPSA) is 202 Å². The maximum absolute atomic E-state index is 4.76. The van der Waals surface area contributed by atoms with Gasteiger partial charge in [-0.25, -0.2) is 14.4 Å². The molecule has 0 bridgehead atoms. The summed E-state index contributed by atoms with van der Waals surface area (Å²) >= 11 is 5.32. The van der Waals surface area contributed by atoms with Gasteiger partial charge >= 0.3 is 0 Å². The highest BCUT2D eigenvalue weighted by Gasteiger charge is 1.90. The van der Waals surface area contributed by atoms with E-state index in [9.17, 15) is 0 Å². The molecule has 2 aromatic heterocycles. The number of aromatic nitrogens is 4. The van der Waals surface area contributed by atoms with Crippen LogP contribution in [0, 0.1) is 0 Å². The van der Waals surface area contributed by atoms with Crippen molar-refractivity contribution in [2.45, 2.75) is 384 Å². The van der Waals surface area contributed by atoms with E-state index in [1.165, 1.54) is 62.1 Å². The van der Waals surface area contributed by atoms with E-state index in [0.29, 0.717) is 0 Å². The maximum Gasteiger partial charge on any atom is 0.169 e. The van der Waals surface area contributed by atoms with Crippen molar-refractivity contribution in [1.29, 1.82) is 0 Å². The van der Waals surface area contributed by atoms with Crippen molar-refractivity contribution in [3.05, 3.63) is 85.7 Å². The molecule has 12 heterocycles. The Hall–Kier alpha value is -5.08. The van der Waals surface area contributed by atoms with Crippen LogP contribution in [0.4, 0.5) is 0 Å². The van der Waals surface area contributed by atoms with Crippen molar-refractivity contribution in [2.24, 2.45) is 34.6 Å². The summed E-state index contributed by atoms with van der Waals surface area (Å²) in [6.45, 7) is 106. The highest BCUT2D eigenvalue weighted by Crippen LogP contribution is 2.11. The van der Waals surface area contributed by atoms with E-state index in [4.69, 9.17) is 4.74 Å². The Morgan fingerprint density at radius 3 is 0.945 bits per heavy atom. The summed E-state index contributed by atoms with van der Waals surface area (Å²) in [7, 11) is 0. The average Bonchev–Trinajstić information content (AvgIpc) is 2.49. The van der Waals surface area contributed by atoms with Crippen LogP contribution in [0.3, 0.4) is 0 Å². The van der Waals surface area contributed by atoms with Gasteiger partial charge in [0.2, 0.25) is 0 Å². The van der Waals surface area contributed by atoms with Gasteiger partial charge in [-0.15, -0.1) is 23.5 Å². The van der Waals surface area contributed by atoms with E-state index >= 15 is 0 Å². The quantitative estimate of drug-likeness (QED) is 0.211. The zero-order valence-electron chi connectivity index (χ0n) is 83.8. The first-order valence-electron chi connectivity index (χ1n) is 44.7. The molecule has 0 amide bonds. The zero-order valence-corrected chi connectivity index (χ0v) is 86.3. The first-order chi connectivity index (χ1) is 55.0. The van der Waals surface area contributed by atoms with Gasteiger partial charge in [0, 0.05) is 125 Å². The minimum Gasteiger partial charge on any atom is -0.501 e. The molecule has 0 fully saturated rings. The van der Waals surface area contributed by atoms with Crippen molar-refractivity contribution in [2.75, 3.05) is 82.9 Å². The number of rotatable bonds is 0. The fourth-order valence-electron chi connectivity index (χ4n) is 3.76. The number of nitrogens with zero attached hydrogens (tertiary/aromatic N) is 11. The smallest absolute Gasteiger partial charge is 0.169 e. The SMILES string of the molecule is C1=CNCC1.C1=COCC1.C1=CSCC1.C1=NCCC1.C1=NCCN1.C1=NCCO1.C1=NCCS1.C1=NNCC1.C1=NOCC1.C1=NSCC1.CC.CC.CC.CC.CC.CC.CC.CC.CC.CC.CC.CC.CC.CC.CC.CC.CC.CC.CC.CC.CC.CC.CC.CC.c1cnccn1.c1cncnc1. The van der Waals surface area contributed by atoms with Crippen LogP contribution in [-0.2, 0) is 14.3 Å². The number of hydrogen-bond donors (Lipinski definition) is 3. The van der Waals surface area contributed by atoms with Gasteiger partial charge in [-0.3, -0.25) is 29.9 Å². The number of nitrogens with one attached hydrogen (secondary N) is 3. The molecule has 0 unspecified atom stereocenters. The second kappa shape index (κ2) is 340. The van der Waals surface area contributed by atoms with E-state index in [0.717, 1.165) is 84.9 Å². The third-order valence-corrected chi connectivity index (χ3v) is 8.96. The predicted molar refractivity (Wildman–Crippen MR) is 539 cm³/mol. The molecule has 3 N–H and O–H groups in total. The van der Waals surface area contributed by atoms with E-state index < -0.39 is 0 Å². The molecule has 10 aliphatic heterocycles. The van der Waals surface area contributed by atoms with Crippen LogP contribution in [0.1, 0.15) is 384 Å². The molecular formula is C90H210N14O3S3. The molecule has 12 rings (SSSR count). The number of aliphatic imine (C=N–C) groups is 4. The Balaban J connectivity index is -0.0000000318. The molecule has 10 aliphatic rings. The molecular weight excluding hydrogens is 1420 g/mol. The van der Waals surface area contributed by atoms with Crippen molar-refractivity contribution in [1.82, 2.24) is 36.0 Å². The minimum atomic E-state index is 0.778. The number of hydrogen-bond acceptors (Lipinski definition) is 20. The van der Waals surface area contributed by atoms with E-state index in [1.807, 2.05) is 381 Å². The molecule has 676 valence electrons. The lowest BCUT2D eigenvalue weighted by Crippen LogP contribution is -2.04. The van der Waals surface area contributed by atoms with Crippen LogP contribution in [0.25, 0.3) is 0 Å². The lowest BCUT2D eigenvalue weighted by atomic mass is 10.4. The van der Waals surface area contributed by atoms with Gasteiger partial charge in [0.05, 0.1) is 37.8 Å². The van der Waals surface area contributed by atoms with E-state index in [1.54, 1.807) is 85.8 Å².